The predicted octanol–water partition coefficient (Wildman–Crippen LogP) is 11.0. The average Bonchev–Trinajstić information content (AvgIpc) is 3.81. The van der Waals surface area contributed by atoms with E-state index in [9.17, 15) is 4.57 Å². The van der Waals surface area contributed by atoms with Crippen LogP contribution in [-0.4, -0.2) is 28.3 Å². The zero-order valence-corrected chi connectivity index (χ0v) is 29.9. The standard InChI is InChI=1S/C46H40N3OP/c1-51(2,50)42-28-27-39(40-15-9-10-16-41(40)42)32-18-23-36(24-19-32)46(30-31-17-22-38(46)29-31)37-25-20-35(21-26-37)45-48-43(33-11-5-3-6-12-33)47-44(49-45)34-13-7-4-8-14-34/h3-16,18-21,23-28,31,38H,17,22,29-30H2,1-2H3. The van der Waals surface area contributed by atoms with E-state index >= 15 is 0 Å². The predicted molar refractivity (Wildman–Crippen MR) is 211 cm³/mol. The zero-order valence-electron chi connectivity index (χ0n) is 29.0. The van der Waals surface area contributed by atoms with E-state index in [4.69, 9.17) is 15.0 Å². The van der Waals surface area contributed by atoms with Crippen LogP contribution in [0.1, 0.15) is 36.8 Å². The molecule has 2 fully saturated rings. The van der Waals surface area contributed by atoms with Crippen LogP contribution >= 0.6 is 7.14 Å². The lowest BCUT2D eigenvalue weighted by molar-refractivity contribution is 0.320. The summed E-state index contributed by atoms with van der Waals surface area (Å²) in [7, 11) is -2.41. The van der Waals surface area contributed by atoms with Crippen LogP contribution in [0, 0.1) is 11.8 Å². The molecule has 1 aromatic heterocycles. The van der Waals surface area contributed by atoms with E-state index in [0.717, 1.165) is 38.7 Å². The van der Waals surface area contributed by atoms with Gasteiger partial charge in [0.25, 0.3) is 0 Å². The Kier molecular flexibility index (Phi) is 7.82. The van der Waals surface area contributed by atoms with Crippen LogP contribution in [-0.2, 0) is 9.98 Å². The van der Waals surface area contributed by atoms with Gasteiger partial charge in [0.2, 0.25) is 0 Å². The van der Waals surface area contributed by atoms with Gasteiger partial charge in [0, 0.05) is 27.4 Å². The quantitative estimate of drug-likeness (QED) is 0.157. The van der Waals surface area contributed by atoms with E-state index in [2.05, 4.69) is 78.9 Å². The van der Waals surface area contributed by atoms with Gasteiger partial charge in [-0.2, -0.15) is 0 Å². The Morgan fingerprint density at radius 1 is 0.529 bits per heavy atom. The van der Waals surface area contributed by atoms with Gasteiger partial charge in [-0.1, -0.05) is 152 Å². The molecule has 0 aliphatic heterocycles. The van der Waals surface area contributed by atoms with Crippen molar-refractivity contribution in [2.75, 3.05) is 13.3 Å². The molecule has 6 aromatic carbocycles. The molecule has 250 valence electrons. The average molecular weight is 682 g/mol. The number of benzene rings is 6. The monoisotopic (exact) mass is 681 g/mol. The second-order valence-corrected chi connectivity index (χ2v) is 18.0. The fraction of sp³-hybridized carbons (Fsp3) is 0.196. The molecule has 4 nitrogen and oxygen atoms in total. The molecule has 2 aliphatic rings. The number of hydrogen-bond acceptors (Lipinski definition) is 4. The van der Waals surface area contributed by atoms with E-state index in [-0.39, 0.29) is 5.41 Å². The molecular formula is C46H40N3OP. The van der Waals surface area contributed by atoms with E-state index in [1.807, 2.05) is 80.1 Å². The highest BCUT2D eigenvalue weighted by atomic mass is 31.2. The maximum absolute atomic E-state index is 13.1. The summed E-state index contributed by atoms with van der Waals surface area (Å²) < 4.78 is 13.1. The van der Waals surface area contributed by atoms with Crippen molar-refractivity contribution < 1.29 is 4.57 Å². The van der Waals surface area contributed by atoms with Gasteiger partial charge in [-0.25, -0.2) is 15.0 Å². The largest absolute Gasteiger partial charge is 0.319 e. The highest BCUT2D eigenvalue weighted by Gasteiger charge is 2.52. The molecule has 0 radical (unpaired) electrons. The zero-order chi connectivity index (χ0) is 34.6. The molecule has 0 saturated heterocycles. The Labute approximate surface area is 300 Å². The maximum Gasteiger partial charge on any atom is 0.164 e. The van der Waals surface area contributed by atoms with E-state index in [1.54, 1.807) is 0 Å². The van der Waals surface area contributed by atoms with Gasteiger partial charge < -0.3 is 4.57 Å². The number of nitrogens with zero attached hydrogens (tertiary/aromatic N) is 3. The number of aromatic nitrogens is 3. The molecule has 2 bridgehead atoms. The Balaban J connectivity index is 1.10. The van der Waals surface area contributed by atoms with Crippen molar-refractivity contribution in [1.82, 2.24) is 15.0 Å². The van der Waals surface area contributed by atoms with Gasteiger partial charge in [-0.05, 0) is 77.5 Å². The molecule has 1 heterocycles. The normalized spacial score (nSPS) is 19.8. The molecular weight excluding hydrogens is 642 g/mol. The van der Waals surface area contributed by atoms with Gasteiger partial charge in [-0.3, -0.25) is 0 Å². The summed E-state index contributed by atoms with van der Waals surface area (Å²) in [5.74, 6) is 3.41. The highest BCUT2D eigenvalue weighted by Crippen LogP contribution is 2.60. The molecule has 3 unspecified atom stereocenters. The van der Waals surface area contributed by atoms with Crippen molar-refractivity contribution in [1.29, 1.82) is 0 Å². The lowest BCUT2D eigenvalue weighted by Gasteiger charge is -2.39. The topological polar surface area (TPSA) is 55.7 Å². The Bertz CT molecular complexity index is 2360. The van der Waals surface area contributed by atoms with Crippen LogP contribution in [0.25, 0.3) is 56.1 Å². The summed E-state index contributed by atoms with van der Waals surface area (Å²) >= 11 is 0. The Hall–Kier alpha value is -5.18. The smallest absolute Gasteiger partial charge is 0.164 e. The minimum absolute atomic E-state index is 0.0214. The van der Waals surface area contributed by atoms with Crippen molar-refractivity contribution in [2.24, 2.45) is 11.8 Å². The van der Waals surface area contributed by atoms with Crippen LogP contribution in [0.15, 0.2) is 146 Å². The van der Waals surface area contributed by atoms with E-state index < -0.39 is 7.14 Å². The molecule has 0 amide bonds. The molecule has 51 heavy (non-hydrogen) atoms. The first-order chi connectivity index (χ1) is 24.9. The van der Waals surface area contributed by atoms with Gasteiger partial charge >= 0.3 is 0 Å². The van der Waals surface area contributed by atoms with Gasteiger partial charge in [0.05, 0.1) is 0 Å². The first kappa shape index (κ1) is 31.8. The fourth-order valence-electron chi connectivity index (χ4n) is 9.01. The number of rotatable bonds is 7. The first-order valence-corrected chi connectivity index (χ1v) is 20.6. The second kappa shape index (κ2) is 12.5. The van der Waals surface area contributed by atoms with E-state index in [1.165, 1.54) is 47.9 Å². The number of fused-ring (bicyclic) bond motifs is 3. The third kappa shape index (κ3) is 5.63. The molecule has 9 rings (SSSR count). The van der Waals surface area contributed by atoms with Crippen molar-refractivity contribution in [3.05, 3.63) is 157 Å². The van der Waals surface area contributed by atoms with Crippen LogP contribution in [0.4, 0.5) is 0 Å². The number of hydrogen-bond donors (Lipinski definition) is 0. The minimum atomic E-state index is -2.41. The SMILES string of the molecule is CP(C)(=O)c1ccc(-c2ccc(C3(c4ccc(-c5nc(-c6ccccc6)nc(-c6ccccc6)n5)cc4)CC4CCC3C4)cc2)c2ccccc12. The Morgan fingerprint density at radius 2 is 1.02 bits per heavy atom. The molecule has 0 N–H and O–H groups in total. The molecule has 3 atom stereocenters. The molecule has 0 spiro atoms. The molecule has 2 aliphatic carbocycles. The van der Waals surface area contributed by atoms with Crippen LogP contribution in [0.5, 0.6) is 0 Å². The summed E-state index contributed by atoms with van der Waals surface area (Å²) in [4.78, 5) is 14.8. The second-order valence-electron chi connectivity index (χ2n) is 14.8. The first-order valence-electron chi connectivity index (χ1n) is 18.0. The van der Waals surface area contributed by atoms with Crippen molar-refractivity contribution in [2.45, 2.75) is 31.1 Å². The van der Waals surface area contributed by atoms with Crippen molar-refractivity contribution in [3.8, 4) is 45.3 Å². The van der Waals surface area contributed by atoms with Crippen LogP contribution in [0.2, 0.25) is 0 Å². The van der Waals surface area contributed by atoms with Crippen molar-refractivity contribution >= 4 is 23.2 Å². The van der Waals surface area contributed by atoms with Crippen LogP contribution in [0.3, 0.4) is 0 Å². The molecule has 7 aromatic rings. The van der Waals surface area contributed by atoms with Crippen LogP contribution < -0.4 is 5.30 Å². The summed E-state index contributed by atoms with van der Waals surface area (Å²) in [6.45, 7) is 3.72. The third-order valence-electron chi connectivity index (χ3n) is 11.4. The van der Waals surface area contributed by atoms with E-state index in [0.29, 0.717) is 23.4 Å². The maximum atomic E-state index is 13.1. The lowest BCUT2D eigenvalue weighted by Crippen LogP contribution is -2.34. The Morgan fingerprint density at radius 3 is 1.51 bits per heavy atom. The highest BCUT2D eigenvalue weighted by molar-refractivity contribution is 7.70. The summed E-state index contributed by atoms with van der Waals surface area (Å²) in [6.07, 6.45) is 5.06. The molecule has 2 saturated carbocycles. The lowest BCUT2D eigenvalue weighted by atomic mass is 9.64. The summed E-state index contributed by atoms with van der Waals surface area (Å²) in [5.41, 5.74) is 8.06. The van der Waals surface area contributed by atoms with Gasteiger partial charge in [0.15, 0.2) is 17.5 Å². The fourth-order valence-corrected chi connectivity index (χ4v) is 10.2. The molecule has 5 heteroatoms. The van der Waals surface area contributed by atoms with Gasteiger partial charge in [0.1, 0.15) is 7.14 Å². The third-order valence-corrected chi connectivity index (χ3v) is 12.9. The van der Waals surface area contributed by atoms with Crippen molar-refractivity contribution in [3.63, 3.8) is 0 Å². The minimum Gasteiger partial charge on any atom is -0.319 e. The van der Waals surface area contributed by atoms with Gasteiger partial charge in [-0.15, -0.1) is 0 Å². The summed E-state index contributed by atoms with van der Waals surface area (Å²) in [5, 5.41) is 3.19. The summed E-state index contributed by atoms with van der Waals surface area (Å²) in [6, 6.07) is 51.4.